The zero-order valence-electron chi connectivity index (χ0n) is 19.5. The Morgan fingerprint density at radius 1 is 0.833 bits per heavy atom. The van der Waals surface area contributed by atoms with Gasteiger partial charge in [0, 0.05) is 11.3 Å². The quantitative estimate of drug-likeness (QED) is 0.277. The molecule has 0 unspecified atom stereocenters. The number of carbonyl (C=O) groups is 1. The number of aliphatic hydroxyl groups excluding tert-OH is 1. The molecule has 36 heavy (non-hydrogen) atoms. The third-order valence-electron chi connectivity index (χ3n) is 6.78. The molecule has 0 aliphatic carbocycles. The summed E-state index contributed by atoms with van der Waals surface area (Å²) in [6.45, 7) is 0. The minimum atomic E-state index is -0.707. The maximum absolute atomic E-state index is 13.5. The van der Waals surface area contributed by atoms with Crippen LogP contribution in [-0.2, 0) is 4.79 Å². The van der Waals surface area contributed by atoms with E-state index >= 15 is 0 Å². The van der Waals surface area contributed by atoms with Crippen molar-refractivity contribution in [1.29, 1.82) is 0 Å². The second kappa shape index (κ2) is 9.84. The number of carbonyl (C=O) groups excluding carboxylic acids is 1. The summed E-state index contributed by atoms with van der Waals surface area (Å²) in [5.74, 6) is -0.840. The standard InChI is InChI=1S/C30H26FNO4/c31-22-10-12-23(13-11-22)32-29(26(30(32)36)15-16-27(34)19-5-2-1-3-6-19)25-14-9-21(18-28(25)35)20-7-4-8-24(33)17-20/h1-14,17-18,26-27,29,33-35H,15-16H2/t26-,27+,29-/m1/s1. The summed E-state index contributed by atoms with van der Waals surface area (Å²) in [5, 5.41) is 31.5. The van der Waals surface area contributed by atoms with Crippen molar-refractivity contribution in [3.63, 3.8) is 0 Å². The lowest BCUT2D eigenvalue weighted by Gasteiger charge is -2.48. The lowest BCUT2D eigenvalue weighted by atomic mass is 9.77. The van der Waals surface area contributed by atoms with E-state index in [0.29, 0.717) is 24.1 Å². The van der Waals surface area contributed by atoms with Crippen molar-refractivity contribution in [3.8, 4) is 22.6 Å². The number of aliphatic hydroxyl groups is 1. The number of benzene rings is 4. The van der Waals surface area contributed by atoms with Gasteiger partial charge in [0.25, 0.3) is 0 Å². The Morgan fingerprint density at radius 2 is 1.56 bits per heavy atom. The molecule has 5 nitrogen and oxygen atoms in total. The van der Waals surface area contributed by atoms with Gasteiger partial charge < -0.3 is 20.2 Å². The van der Waals surface area contributed by atoms with Gasteiger partial charge in [0.1, 0.15) is 17.3 Å². The number of phenolic OH excluding ortho intramolecular Hbond substituents is 2. The van der Waals surface area contributed by atoms with Crippen molar-refractivity contribution in [2.24, 2.45) is 5.92 Å². The van der Waals surface area contributed by atoms with Gasteiger partial charge >= 0.3 is 0 Å². The predicted molar refractivity (Wildman–Crippen MR) is 136 cm³/mol. The van der Waals surface area contributed by atoms with E-state index in [2.05, 4.69) is 0 Å². The highest BCUT2D eigenvalue weighted by atomic mass is 19.1. The molecule has 4 aromatic rings. The smallest absolute Gasteiger partial charge is 0.233 e. The Hall–Kier alpha value is -4.16. The van der Waals surface area contributed by atoms with Crippen molar-refractivity contribution in [1.82, 2.24) is 0 Å². The fourth-order valence-corrected chi connectivity index (χ4v) is 4.91. The highest BCUT2D eigenvalue weighted by Crippen LogP contribution is 2.49. The van der Waals surface area contributed by atoms with E-state index in [1.54, 1.807) is 47.4 Å². The summed E-state index contributed by atoms with van der Waals surface area (Å²) >= 11 is 0. The zero-order valence-corrected chi connectivity index (χ0v) is 19.5. The number of nitrogens with zero attached hydrogens (tertiary/aromatic N) is 1. The van der Waals surface area contributed by atoms with Gasteiger partial charge in [-0.2, -0.15) is 0 Å². The van der Waals surface area contributed by atoms with Gasteiger partial charge in [-0.1, -0.05) is 54.6 Å². The molecule has 1 saturated heterocycles. The van der Waals surface area contributed by atoms with E-state index in [0.717, 1.165) is 16.7 Å². The number of hydrogen-bond donors (Lipinski definition) is 3. The Bertz CT molecular complexity index is 1370. The molecule has 0 aromatic heterocycles. The molecule has 3 atom stereocenters. The minimum absolute atomic E-state index is 0.0223. The van der Waals surface area contributed by atoms with Crippen LogP contribution in [0.4, 0.5) is 10.1 Å². The first-order valence-electron chi connectivity index (χ1n) is 11.9. The number of phenols is 2. The van der Waals surface area contributed by atoms with Crippen LogP contribution in [0.2, 0.25) is 0 Å². The number of anilines is 1. The first kappa shape index (κ1) is 23.6. The molecule has 0 spiro atoms. The molecule has 6 heteroatoms. The van der Waals surface area contributed by atoms with Gasteiger partial charge in [-0.15, -0.1) is 0 Å². The number of rotatable bonds is 7. The summed E-state index contributed by atoms with van der Waals surface area (Å²) in [6.07, 6.45) is 0.0997. The Kier molecular flexibility index (Phi) is 6.44. The molecule has 1 amide bonds. The molecular formula is C30H26FNO4. The molecule has 5 rings (SSSR count). The summed E-state index contributed by atoms with van der Waals surface area (Å²) in [4.78, 5) is 14.8. The summed E-state index contributed by atoms with van der Waals surface area (Å²) in [5.41, 5.74) is 3.38. The molecule has 4 aromatic carbocycles. The van der Waals surface area contributed by atoms with Crippen molar-refractivity contribution in [2.75, 3.05) is 4.90 Å². The third-order valence-corrected chi connectivity index (χ3v) is 6.78. The average Bonchev–Trinajstić information content (AvgIpc) is 2.89. The molecule has 1 aliphatic heterocycles. The van der Waals surface area contributed by atoms with E-state index < -0.39 is 23.9 Å². The van der Waals surface area contributed by atoms with E-state index in [-0.39, 0.29) is 17.4 Å². The molecular weight excluding hydrogens is 457 g/mol. The van der Waals surface area contributed by atoms with Crippen LogP contribution >= 0.6 is 0 Å². The lowest BCUT2D eigenvalue weighted by molar-refractivity contribution is -0.131. The predicted octanol–water partition coefficient (Wildman–Crippen LogP) is 6.12. The number of aromatic hydroxyl groups is 2. The molecule has 0 bridgehead atoms. The van der Waals surface area contributed by atoms with Gasteiger partial charge in [-0.05, 0) is 72.0 Å². The van der Waals surface area contributed by atoms with Crippen molar-refractivity contribution < 1.29 is 24.5 Å². The molecule has 1 heterocycles. The average molecular weight is 484 g/mol. The van der Waals surface area contributed by atoms with Crippen LogP contribution < -0.4 is 4.90 Å². The Balaban J connectivity index is 1.45. The highest BCUT2D eigenvalue weighted by molar-refractivity contribution is 6.03. The van der Waals surface area contributed by atoms with Crippen LogP contribution in [0.25, 0.3) is 11.1 Å². The summed E-state index contributed by atoms with van der Waals surface area (Å²) in [7, 11) is 0. The van der Waals surface area contributed by atoms with Crippen molar-refractivity contribution >= 4 is 11.6 Å². The van der Waals surface area contributed by atoms with Gasteiger partial charge in [0.15, 0.2) is 0 Å². The fraction of sp³-hybridized carbons (Fsp3) is 0.167. The van der Waals surface area contributed by atoms with Crippen LogP contribution in [0.15, 0.2) is 97.1 Å². The molecule has 1 fully saturated rings. The second-order valence-electron chi connectivity index (χ2n) is 9.06. The maximum atomic E-state index is 13.5. The fourth-order valence-electron chi connectivity index (χ4n) is 4.91. The van der Waals surface area contributed by atoms with Crippen LogP contribution in [0.3, 0.4) is 0 Å². The van der Waals surface area contributed by atoms with Crippen LogP contribution in [0.1, 0.15) is 36.1 Å². The van der Waals surface area contributed by atoms with E-state index in [1.165, 1.54) is 12.1 Å². The van der Waals surface area contributed by atoms with Crippen LogP contribution in [0, 0.1) is 11.7 Å². The van der Waals surface area contributed by atoms with Gasteiger partial charge in [0.05, 0.1) is 18.1 Å². The minimum Gasteiger partial charge on any atom is -0.508 e. The molecule has 182 valence electrons. The largest absolute Gasteiger partial charge is 0.508 e. The number of β-lactam (4-membered cyclic amide) rings is 1. The van der Waals surface area contributed by atoms with Gasteiger partial charge in [-0.3, -0.25) is 4.79 Å². The Morgan fingerprint density at radius 3 is 2.25 bits per heavy atom. The molecule has 0 saturated carbocycles. The van der Waals surface area contributed by atoms with Gasteiger partial charge in [-0.25, -0.2) is 4.39 Å². The first-order chi connectivity index (χ1) is 17.4. The van der Waals surface area contributed by atoms with E-state index in [1.807, 2.05) is 42.5 Å². The third kappa shape index (κ3) is 4.55. The molecule has 1 aliphatic rings. The summed E-state index contributed by atoms with van der Waals surface area (Å²) < 4.78 is 13.5. The molecule has 3 N–H and O–H groups in total. The number of halogens is 1. The van der Waals surface area contributed by atoms with Crippen LogP contribution in [-0.4, -0.2) is 21.2 Å². The Labute approximate surface area is 208 Å². The monoisotopic (exact) mass is 483 g/mol. The van der Waals surface area contributed by atoms with Crippen LogP contribution in [0.5, 0.6) is 11.5 Å². The maximum Gasteiger partial charge on any atom is 0.233 e. The SMILES string of the molecule is O=C1[C@H](CC[C@H](O)c2ccccc2)[C@@H](c2ccc(-c3cccc(O)c3)cc2O)N1c1ccc(F)cc1. The highest BCUT2D eigenvalue weighted by Gasteiger charge is 2.49. The second-order valence-corrected chi connectivity index (χ2v) is 9.06. The van der Waals surface area contributed by atoms with E-state index in [9.17, 15) is 24.5 Å². The first-order valence-corrected chi connectivity index (χ1v) is 11.9. The topological polar surface area (TPSA) is 81.0 Å². The van der Waals surface area contributed by atoms with Crippen molar-refractivity contribution in [3.05, 3.63) is 114 Å². The summed E-state index contributed by atoms with van der Waals surface area (Å²) in [6, 6.07) is 26.5. The zero-order chi connectivity index (χ0) is 25.2. The van der Waals surface area contributed by atoms with Gasteiger partial charge in [0.2, 0.25) is 5.91 Å². The van der Waals surface area contributed by atoms with Crippen molar-refractivity contribution in [2.45, 2.75) is 25.0 Å². The molecule has 0 radical (unpaired) electrons. The number of hydrogen-bond acceptors (Lipinski definition) is 4. The lowest BCUT2D eigenvalue weighted by Crippen LogP contribution is -2.55. The normalized spacial score (nSPS) is 18.1. The van der Waals surface area contributed by atoms with E-state index in [4.69, 9.17) is 0 Å². The number of amides is 1.